The number of rotatable bonds is 4. The Balaban J connectivity index is 2.83. The summed E-state index contributed by atoms with van der Waals surface area (Å²) >= 11 is 1.63. The van der Waals surface area contributed by atoms with Crippen molar-refractivity contribution in [1.82, 2.24) is 4.57 Å². The van der Waals surface area contributed by atoms with Crippen LogP contribution in [0.3, 0.4) is 0 Å². The normalized spacial score (nSPS) is 10.8. The van der Waals surface area contributed by atoms with E-state index in [2.05, 4.69) is 0 Å². The van der Waals surface area contributed by atoms with Gasteiger partial charge in [0.1, 0.15) is 0 Å². The standard InChI is InChI=1S/C14H15NO3S/c1-9-12(14(17)18)10-5-3-4-6-11(10)13(16)15(9)7-8-19-2/h3-6H,7-8H2,1-2H3,(H,17,18). The first-order valence-electron chi connectivity index (χ1n) is 5.92. The largest absolute Gasteiger partial charge is 0.478 e. The Morgan fingerprint density at radius 1 is 1.32 bits per heavy atom. The summed E-state index contributed by atoms with van der Waals surface area (Å²) in [5.74, 6) is -0.218. The predicted octanol–water partition coefficient (Wildman–Crippen LogP) is 2.37. The molecule has 5 heteroatoms. The number of benzene rings is 1. The molecular weight excluding hydrogens is 262 g/mol. The molecule has 0 saturated carbocycles. The lowest BCUT2D eigenvalue weighted by molar-refractivity contribution is 0.0697. The molecule has 1 heterocycles. The van der Waals surface area contributed by atoms with E-state index in [1.807, 2.05) is 6.26 Å². The highest BCUT2D eigenvalue weighted by atomic mass is 32.2. The van der Waals surface area contributed by atoms with Gasteiger partial charge in [-0.05, 0) is 19.2 Å². The molecule has 19 heavy (non-hydrogen) atoms. The van der Waals surface area contributed by atoms with Crippen molar-refractivity contribution in [3.8, 4) is 0 Å². The zero-order chi connectivity index (χ0) is 14.0. The highest BCUT2D eigenvalue weighted by Crippen LogP contribution is 2.19. The van der Waals surface area contributed by atoms with E-state index in [4.69, 9.17) is 0 Å². The predicted molar refractivity (Wildman–Crippen MR) is 78.3 cm³/mol. The fraction of sp³-hybridized carbons (Fsp3) is 0.286. The van der Waals surface area contributed by atoms with Crippen molar-refractivity contribution in [3.05, 3.63) is 45.9 Å². The number of hydrogen-bond donors (Lipinski definition) is 1. The Hall–Kier alpha value is -1.75. The third-order valence-electron chi connectivity index (χ3n) is 3.17. The molecule has 1 aromatic heterocycles. The minimum Gasteiger partial charge on any atom is -0.478 e. The highest BCUT2D eigenvalue weighted by Gasteiger charge is 2.17. The van der Waals surface area contributed by atoms with Gasteiger partial charge < -0.3 is 9.67 Å². The first-order chi connectivity index (χ1) is 9.07. The second-order valence-corrected chi connectivity index (χ2v) is 5.25. The van der Waals surface area contributed by atoms with E-state index in [1.54, 1.807) is 47.5 Å². The van der Waals surface area contributed by atoms with E-state index in [0.29, 0.717) is 23.0 Å². The molecule has 2 aromatic rings. The fourth-order valence-electron chi connectivity index (χ4n) is 2.24. The minimum atomic E-state index is -0.994. The van der Waals surface area contributed by atoms with Gasteiger partial charge in [0.25, 0.3) is 5.56 Å². The van der Waals surface area contributed by atoms with Crippen LogP contribution in [-0.4, -0.2) is 27.7 Å². The van der Waals surface area contributed by atoms with Crippen molar-refractivity contribution >= 4 is 28.5 Å². The third kappa shape index (κ3) is 2.38. The summed E-state index contributed by atoms with van der Waals surface area (Å²) in [7, 11) is 0. The maximum atomic E-state index is 12.4. The van der Waals surface area contributed by atoms with Crippen LogP contribution in [0.4, 0.5) is 0 Å². The topological polar surface area (TPSA) is 59.3 Å². The van der Waals surface area contributed by atoms with Crippen LogP contribution in [0.2, 0.25) is 0 Å². The molecule has 0 bridgehead atoms. The van der Waals surface area contributed by atoms with Crippen LogP contribution in [0, 0.1) is 6.92 Å². The number of nitrogens with zero attached hydrogens (tertiary/aromatic N) is 1. The van der Waals surface area contributed by atoms with Gasteiger partial charge in [0.05, 0.1) is 5.56 Å². The number of carbonyl (C=O) groups is 1. The first kappa shape index (κ1) is 13.7. The maximum Gasteiger partial charge on any atom is 0.338 e. The summed E-state index contributed by atoms with van der Waals surface area (Å²) in [6.07, 6.45) is 1.96. The van der Waals surface area contributed by atoms with E-state index in [0.717, 1.165) is 5.75 Å². The van der Waals surface area contributed by atoms with Crippen molar-refractivity contribution in [2.24, 2.45) is 0 Å². The molecule has 0 saturated heterocycles. The summed E-state index contributed by atoms with van der Waals surface area (Å²) in [6, 6.07) is 6.87. The summed E-state index contributed by atoms with van der Waals surface area (Å²) < 4.78 is 1.56. The Morgan fingerprint density at radius 2 is 1.95 bits per heavy atom. The molecule has 1 N–H and O–H groups in total. The van der Waals surface area contributed by atoms with Crippen molar-refractivity contribution < 1.29 is 9.90 Å². The number of carboxylic acids is 1. The number of aromatic carboxylic acids is 1. The number of carboxylic acid groups (broad SMARTS) is 1. The molecular formula is C14H15NO3S. The van der Waals surface area contributed by atoms with E-state index in [-0.39, 0.29) is 11.1 Å². The van der Waals surface area contributed by atoms with Gasteiger partial charge in [-0.2, -0.15) is 11.8 Å². The van der Waals surface area contributed by atoms with Crippen LogP contribution in [-0.2, 0) is 6.54 Å². The SMILES string of the molecule is CSCCn1c(C)c(C(=O)O)c2ccccc2c1=O. The van der Waals surface area contributed by atoms with Crippen LogP contribution >= 0.6 is 11.8 Å². The molecule has 0 amide bonds. The summed E-state index contributed by atoms with van der Waals surface area (Å²) in [6.45, 7) is 2.22. The lowest BCUT2D eigenvalue weighted by Crippen LogP contribution is -2.26. The lowest BCUT2D eigenvalue weighted by Gasteiger charge is -2.14. The molecule has 0 aliphatic rings. The van der Waals surface area contributed by atoms with Crippen molar-refractivity contribution in [2.75, 3.05) is 12.0 Å². The van der Waals surface area contributed by atoms with Gasteiger partial charge >= 0.3 is 5.97 Å². The molecule has 0 atom stereocenters. The van der Waals surface area contributed by atoms with Gasteiger partial charge in [0.15, 0.2) is 0 Å². The van der Waals surface area contributed by atoms with E-state index in [1.165, 1.54) is 0 Å². The third-order valence-corrected chi connectivity index (χ3v) is 3.76. The molecule has 0 spiro atoms. The van der Waals surface area contributed by atoms with Crippen molar-refractivity contribution in [2.45, 2.75) is 13.5 Å². The van der Waals surface area contributed by atoms with Crippen LogP contribution in [0.5, 0.6) is 0 Å². The maximum absolute atomic E-state index is 12.4. The average molecular weight is 277 g/mol. The zero-order valence-corrected chi connectivity index (χ0v) is 11.7. The van der Waals surface area contributed by atoms with Crippen molar-refractivity contribution in [3.63, 3.8) is 0 Å². The molecule has 0 aliphatic heterocycles. The number of thioether (sulfide) groups is 1. The summed E-state index contributed by atoms with van der Waals surface area (Å²) in [4.78, 5) is 23.8. The Morgan fingerprint density at radius 3 is 2.53 bits per heavy atom. The summed E-state index contributed by atoms with van der Waals surface area (Å²) in [5.41, 5.74) is 0.619. The summed E-state index contributed by atoms with van der Waals surface area (Å²) in [5, 5.41) is 10.4. The number of pyridine rings is 1. The molecule has 0 radical (unpaired) electrons. The van der Waals surface area contributed by atoms with Gasteiger partial charge in [0, 0.05) is 28.8 Å². The van der Waals surface area contributed by atoms with Crippen LogP contribution < -0.4 is 5.56 Å². The second-order valence-electron chi connectivity index (χ2n) is 4.26. The molecule has 100 valence electrons. The average Bonchev–Trinajstić information content (AvgIpc) is 2.38. The lowest BCUT2D eigenvalue weighted by atomic mass is 10.0. The molecule has 0 aliphatic carbocycles. The smallest absolute Gasteiger partial charge is 0.338 e. The molecule has 0 unspecified atom stereocenters. The molecule has 1 aromatic carbocycles. The molecule has 2 rings (SSSR count). The highest BCUT2D eigenvalue weighted by molar-refractivity contribution is 7.98. The van der Waals surface area contributed by atoms with E-state index >= 15 is 0 Å². The van der Waals surface area contributed by atoms with Gasteiger partial charge in [-0.15, -0.1) is 0 Å². The van der Waals surface area contributed by atoms with Crippen LogP contribution in [0.1, 0.15) is 16.1 Å². The Bertz CT molecular complexity index is 691. The minimum absolute atomic E-state index is 0.118. The zero-order valence-electron chi connectivity index (χ0n) is 10.8. The van der Waals surface area contributed by atoms with E-state index < -0.39 is 5.97 Å². The number of hydrogen-bond acceptors (Lipinski definition) is 3. The number of fused-ring (bicyclic) bond motifs is 1. The molecule has 0 fully saturated rings. The van der Waals surface area contributed by atoms with Crippen molar-refractivity contribution in [1.29, 1.82) is 0 Å². The van der Waals surface area contributed by atoms with Gasteiger partial charge in [-0.1, -0.05) is 18.2 Å². The Labute approximate surface area is 115 Å². The second kappa shape index (κ2) is 5.48. The quantitative estimate of drug-likeness (QED) is 0.932. The first-order valence-corrected chi connectivity index (χ1v) is 7.31. The Kier molecular flexibility index (Phi) is 3.95. The van der Waals surface area contributed by atoms with Gasteiger partial charge in [0.2, 0.25) is 0 Å². The van der Waals surface area contributed by atoms with E-state index in [9.17, 15) is 14.7 Å². The number of aromatic nitrogens is 1. The van der Waals surface area contributed by atoms with Gasteiger partial charge in [-0.3, -0.25) is 4.79 Å². The van der Waals surface area contributed by atoms with Crippen LogP contribution in [0.25, 0.3) is 10.8 Å². The van der Waals surface area contributed by atoms with Gasteiger partial charge in [-0.25, -0.2) is 4.79 Å². The fourth-order valence-corrected chi connectivity index (χ4v) is 2.60. The monoisotopic (exact) mass is 277 g/mol. The van der Waals surface area contributed by atoms with Crippen LogP contribution in [0.15, 0.2) is 29.1 Å². The molecule has 4 nitrogen and oxygen atoms in total.